The molecule has 0 saturated carbocycles. The van der Waals surface area contributed by atoms with Crippen molar-refractivity contribution in [1.29, 1.82) is 0 Å². The zero-order valence-electron chi connectivity index (χ0n) is 12.6. The molecule has 1 fully saturated rings. The number of methoxy groups -OCH3 is 1. The summed E-state index contributed by atoms with van der Waals surface area (Å²) in [5.41, 5.74) is 0.713. The Morgan fingerprint density at radius 2 is 2.33 bits per heavy atom. The molecule has 2 atom stereocenters. The summed E-state index contributed by atoms with van der Waals surface area (Å²) in [6.45, 7) is 5.96. The van der Waals surface area contributed by atoms with Gasteiger partial charge in [0.25, 0.3) is 5.56 Å². The number of piperidine rings is 1. The second-order valence-electron chi connectivity index (χ2n) is 5.50. The minimum absolute atomic E-state index is 0.104. The first kappa shape index (κ1) is 14.5. The van der Waals surface area contributed by atoms with Gasteiger partial charge in [-0.05, 0) is 18.8 Å². The molecule has 0 radical (unpaired) electrons. The highest BCUT2D eigenvalue weighted by atomic mass is 32.1. The summed E-state index contributed by atoms with van der Waals surface area (Å²) in [5, 5.41) is 5.28. The second kappa shape index (κ2) is 5.73. The van der Waals surface area contributed by atoms with Crippen LogP contribution in [0, 0.1) is 5.92 Å². The number of fused-ring (bicyclic) bond motifs is 1. The van der Waals surface area contributed by atoms with Gasteiger partial charge < -0.3 is 9.64 Å². The SMILES string of the molecule is CCc1cc(=O)n2nc(N3CCC(C)C(OC)C3)sc2n1. The lowest BCUT2D eigenvalue weighted by molar-refractivity contribution is 0.0498. The van der Waals surface area contributed by atoms with Crippen LogP contribution in [0.15, 0.2) is 10.9 Å². The van der Waals surface area contributed by atoms with Gasteiger partial charge in [-0.15, -0.1) is 5.10 Å². The van der Waals surface area contributed by atoms with E-state index >= 15 is 0 Å². The molecular formula is C14H20N4O2S. The summed E-state index contributed by atoms with van der Waals surface area (Å²) >= 11 is 1.47. The highest BCUT2D eigenvalue weighted by molar-refractivity contribution is 7.20. The lowest BCUT2D eigenvalue weighted by Crippen LogP contribution is -2.44. The number of hydrogen-bond donors (Lipinski definition) is 0. The molecule has 7 heteroatoms. The number of hydrogen-bond acceptors (Lipinski definition) is 6. The van der Waals surface area contributed by atoms with Crippen LogP contribution >= 0.6 is 11.3 Å². The van der Waals surface area contributed by atoms with Gasteiger partial charge in [-0.1, -0.05) is 25.2 Å². The predicted molar refractivity (Wildman–Crippen MR) is 83.3 cm³/mol. The van der Waals surface area contributed by atoms with Crippen molar-refractivity contribution in [2.45, 2.75) is 32.8 Å². The van der Waals surface area contributed by atoms with E-state index < -0.39 is 0 Å². The molecule has 0 amide bonds. The maximum atomic E-state index is 12.1. The number of anilines is 1. The third-order valence-electron chi connectivity index (χ3n) is 4.11. The van der Waals surface area contributed by atoms with Crippen molar-refractivity contribution in [3.63, 3.8) is 0 Å². The van der Waals surface area contributed by atoms with Crippen LogP contribution < -0.4 is 10.5 Å². The molecule has 3 rings (SSSR count). The number of nitrogens with zero attached hydrogens (tertiary/aromatic N) is 4. The van der Waals surface area contributed by atoms with Crippen LogP contribution in [0.3, 0.4) is 0 Å². The molecule has 0 aromatic carbocycles. The Morgan fingerprint density at radius 3 is 3.05 bits per heavy atom. The predicted octanol–water partition coefficient (Wildman–Crippen LogP) is 1.57. The quantitative estimate of drug-likeness (QED) is 0.861. The Kier molecular flexibility index (Phi) is 3.95. The fraction of sp³-hybridized carbons (Fsp3) is 0.643. The lowest BCUT2D eigenvalue weighted by atomic mass is 9.96. The van der Waals surface area contributed by atoms with Gasteiger partial charge in [0.2, 0.25) is 10.1 Å². The monoisotopic (exact) mass is 308 g/mol. The molecule has 0 N–H and O–H groups in total. The van der Waals surface area contributed by atoms with Crippen LogP contribution in [0.4, 0.5) is 5.13 Å². The molecular weight excluding hydrogens is 288 g/mol. The van der Waals surface area contributed by atoms with Crippen molar-refractivity contribution in [3.8, 4) is 0 Å². The first-order valence-electron chi connectivity index (χ1n) is 7.30. The van der Waals surface area contributed by atoms with Crippen molar-refractivity contribution >= 4 is 21.4 Å². The summed E-state index contributed by atoms with van der Waals surface area (Å²) in [6, 6.07) is 1.56. The highest BCUT2D eigenvalue weighted by Gasteiger charge is 2.28. The van der Waals surface area contributed by atoms with E-state index in [1.54, 1.807) is 13.2 Å². The average Bonchev–Trinajstić information content (AvgIpc) is 2.92. The summed E-state index contributed by atoms with van der Waals surface area (Å²) in [5.74, 6) is 0.549. The van der Waals surface area contributed by atoms with Crippen molar-refractivity contribution in [2.24, 2.45) is 5.92 Å². The summed E-state index contributed by atoms with van der Waals surface area (Å²) in [4.78, 5) is 19.4. The first-order chi connectivity index (χ1) is 10.1. The standard InChI is InChI=1S/C14H20N4O2S/c1-4-10-7-12(19)18-13(15-10)21-14(16-18)17-6-5-9(2)11(8-17)20-3/h7,9,11H,4-6,8H2,1-3H3. The van der Waals surface area contributed by atoms with E-state index in [0.29, 0.717) is 10.9 Å². The number of rotatable bonds is 3. The van der Waals surface area contributed by atoms with Crippen LogP contribution in [0.25, 0.3) is 4.96 Å². The Hall–Kier alpha value is -1.47. The first-order valence-corrected chi connectivity index (χ1v) is 8.11. The average molecular weight is 308 g/mol. The summed E-state index contributed by atoms with van der Waals surface area (Å²) < 4.78 is 6.94. The van der Waals surface area contributed by atoms with Crippen LogP contribution in [-0.2, 0) is 11.2 Å². The van der Waals surface area contributed by atoms with Crippen LogP contribution in [0.2, 0.25) is 0 Å². The van der Waals surface area contributed by atoms with E-state index in [9.17, 15) is 4.79 Å². The third-order valence-corrected chi connectivity index (χ3v) is 5.08. The number of aromatic nitrogens is 3. The summed E-state index contributed by atoms with van der Waals surface area (Å²) in [7, 11) is 1.75. The summed E-state index contributed by atoms with van der Waals surface area (Å²) in [6.07, 6.45) is 2.03. The molecule has 0 bridgehead atoms. The van der Waals surface area contributed by atoms with Gasteiger partial charge in [-0.3, -0.25) is 4.79 Å². The van der Waals surface area contributed by atoms with E-state index in [2.05, 4.69) is 21.9 Å². The zero-order valence-corrected chi connectivity index (χ0v) is 13.4. The van der Waals surface area contributed by atoms with E-state index in [1.807, 2.05) is 6.92 Å². The van der Waals surface area contributed by atoms with Crippen LogP contribution in [0.1, 0.15) is 26.0 Å². The van der Waals surface area contributed by atoms with Crippen molar-refractivity contribution < 1.29 is 4.74 Å². The van der Waals surface area contributed by atoms with Crippen LogP contribution in [0.5, 0.6) is 0 Å². The smallest absolute Gasteiger partial charge is 0.275 e. The highest BCUT2D eigenvalue weighted by Crippen LogP contribution is 2.27. The zero-order chi connectivity index (χ0) is 15.0. The molecule has 21 heavy (non-hydrogen) atoms. The van der Waals surface area contributed by atoms with Crippen molar-refractivity contribution in [2.75, 3.05) is 25.1 Å². The maximum absolute atomic E-state index is 12.1. The Balaban J connectivity index is 1.94. The fourth-order valence-electron chi connectivity index (χ4n) is 2.67. The molecule has 1 saturated heterocycles. The fourth-order valence-corrected chi connectivity index (χ4v) is 3.63. The number of ether oxygens (including phenoxy) is 1. The Morgan fingerprint density at radius 1 is 1.52 bits per heavy atom. The minimum Gasteiger partial charge on any atom is -0.379 e. The Bertz CT molecular complexity index is 696. The minimum atomic E-state index is -0.104. The van der Waals surface area contributed by atoms with Crippen molar-refractivity contribution in [1.82, 2.24) is 14.6 Å². The van der Waals surface area contributed by atoms with Gasteiger partial charge in [0.1, 0.15) is 0 Å². The molecule has 2 unspecified atom stereocenters. The largest absolute Gasteiger partial charge is 0.379 e. The number of aryl methyl sites for hydroxylation is 1. The second-order valence-corrected chi connectivity index (χ2v) is 6.44. The van der Waals surface area contributed by atoms with E-state index in [-0.39, 0.29) is 11.7 Å². The molecule has 1 aliphatic heterocycles. The Labute approximate surface area is 127 Å². The van der Waals surface area contributed by atoms with Gasteiger partial charge in [0.05, 0.1) is 6.10 Å². The van der Waals surface area contributed by atoms with Gasteiger partial charge in [0.15, 0.2) is 0 Å². The molecule has 6 nitrogen and oxygen atoms in total. The molecule has 2 aromatic heterocycles. The van der Waals surface area contributed by atoms with E-state index in [4.69, 9.17) is 4.74 Å². The van der Waals surface area contributed by atoms with E-state index in [0.717, 1.165) is 36.8 Å². The molecule has 3 heterocycles. The van der Waals surface area contributed by atoms with E-state index in [1.165, 1.54) is 15.9 Å². The van der Waals surface area contributed by atoms with Crippen LogP contribution in [-0.4, -0.2) is 40.9 Å². The van der Waals surface area contributed by atoms with Gasteiger partial charge in [0, 0.05) is 32.0 Å². The van der Waals surface area contributed by atoms with Gasteiger partial charge in [-0.25, -0.2) is 4.98 Å². The molecule has 2 aromatic rings. The van der Waals surface area contributed by atoms with Gasteiger partial charge in [-0.2, -0.15) is 4.52 Å². The normalized spacial score (nSPS) is 22.9. The molecule has 0 aliphatic carbocycles. The molecule has 0 spiro atoms. The molecule has 114 valence electrons. The molecule has 1 aliphatic rings. The van der Waals surface area contributed by atoms with Gasteiger partial charge >= 0.3 is 0 Å². The van der Waals surface area contributed by atoms with Crippen molar-refractivity contribution in [3.05, 3.63) is 22.1 Å². The topological polar surface area (TPSA) is 59.7 Å². The third kappa shape index (κ3) is 2.67. The maximum Gasteiger partial charge on any atom is 0.275 e. The lowest BCUT2D eigenvalue weighted by Gasteiger charge is -2.35.